The molecule has 11 aromatic rings. The average Bonchev–Trinajstić information content (AvgIpc) is 3.84. The number of nitrogens with zero attached hydrogens (tertiary/aromatic N) is 2. The molecule has 0 N–H and O–H groups in total. The van der Waals surface area contributed by atoms with Crippen LogP contribution in [-0.4, -0.2) is 4.57 Å². The number of para-hydroxylation sites is 3. The fourth-order valence-corrected chi connectivity index (χ4v) is 8.51. The van der Waals surface area contributed by atoms with E-state index in [1.54, 1.807) is 0 Å². The summed E-state index contributed by atoms with van der Waals surface area (Å²) in [5, 5.41) is 4.80. The van der Waals surface area contributed by atoms with Crippen molar-refractivity contribution in [2.24, 2.45) is 0 Å². The van der Waals surface area contributed by atoms with Crippen molar-refractivity contribution in [2.45, 2.75) is 0 Å². The molecule has 0 saturated carbocycles. The Morgan fingerprint density at radius 2 is 0.825 bits per heavy atom. The summed E-state index contributed by atoms with van der Waals surface area (Å²) in [6, 6.07) is 78.1. The molecule has 57 heavy (non-hydrogen) atoms. The normalized spacial score (nSPS) is 11.5. The van der Waals surface area contributed by atoms with Gasteiger partial charge in [0.05, 0.1) is 11.0 Å². The van der Waals surface area contributed by atoms with Gasteiger partial charge in [-0.2, -0.15) is 0 Å². The highest BCUT2D eigenvalue weighted by Crippen LogP contribution is 2.40. The standard InChI is InChI=1S/C54H36N2O/c1-2-12-37(13-3-1)39-28-32-42(33-29-39)55(44-14-10-15-45(36-44)56-50-20-7-4-16-47(50)48-17-5-8-21-51(48)56)43-34-30-40(31-35-43)38-24-26-41(27-25-38)46-19-11-23-53-54(46)49-18-6-9-22-52(49)57-53/h1-36H. The molecule has 9 aromatic carbocycles. The molecule has 0 saturated heterocycles. The van der Waals surface area contributed by atoms with Crippen molar-refractivity contribution in [1.29, 1.82) is 0 Å². The Hall–Kier alpha value is -7.62. The lowest BCUT2D eigenvalue weighted by Crippen LogP contribution is -2.10. The molecule has 0 spiro atoms. The second-order valence-electron chi connectivity index (χ2n) is 14.5. The van der Waals surface area contributed by atoms with Gasteiger partial charge in [-0.25, -0.2) is 0 Å². The number of hydrogen-bond donors (Lipinski definition) is 0. The Kier molecular flexibility index (Phi) is 7.82. The van der Waals surface area contributed by atoms with E-state index in [1.807, 2.05) is 12.1 Å². The second kappa shape index (κ2) is 13.6. The van der Waals surface area contributed by atoms with Crippen LogP contribution in [-0.2, 0) is 0 Å². The predicted octanol–water partition coefficient (Wildman–Crippen LogP) is 15.2. The van der Waals surface area contributed by atoms with Gasteiger partial charge >= 0.3 is 0 Å². The molecule has 0 radical (unpaired) electrons. The Morgan fingerprint density at radius 1 is 0.333 bits per heavy atom. The van der Waals surface area contributed by atoms with Crippen LogP contribution in [0.4, 0.5) is 17.1 Å². The monoisotopic (exact) mass is 728 g/mol. The number of fused-ring (bicyclic) bond motifs is 6. The third kappa shape index (κ3) is 5.68. The maximum absolute atomic E-state index is 6.18. The number of aromatic nitrogens is 1. The zero-order valence-corrected chi connectivity index (χ0v) is 31.1. The first-order valence-electron chi connectivity index (χ1n) is 19.4. The fraction of sp³-hybridized carbons (Fsp3) is 0. The van der Waals surface area contributed by atoms with E-state index < -0.39 is 0 Å². The van der Waals surface area contributed by atoms with Gasteiger partial charge in [-0.1, -0.05) is 152 Å². The summed E-state index contributed by atoms with van der Waals surface area (Å²) in [5.74, 6) is 0. The Labute approximate surface area is 330 Å². The molecule has 0 bridgehead atoms. The number of rotatable bonds is 7. The van der Waals surface area contributed by atoms with Gasteiger partial charge in [0, 0.05) is 44.3 Å². The van der Waals surface area contributed by atoms with Gasteiger partial charge in [-0.15, -0.1) is 0 Å². The minimum atomic E-state index is 0.910. The van der Waals surface area contributed by atoms with Crippen molar-refractivity contribution < 1.29 is 4.42 Å². The highest BCUT2D eigenvalue weighted by molar-refractivity contribution is 6.12. The summed E-state index contributed by atoms with van der Waals surface area (Å²) in [4.78, 5) is 2.36. The van der Waals surface area contributed by atoms with Crippen LogP contribution in [0.25, 0.3) is 82.8 Å². The average molecular weight is 729 g/mol. The van der Waals surface area contributed by atoms with Crippen molar-refractivity contribution in [3.63, 3.8) is 0 Å². The predicted molar refractivity (Wildman–Crippen MR) is 239 cm³/mol. The quantitative estimate of drug-likeness (QED) is 0.163. The maximum atomic E-state index is 6.18. The molecule has 0 unspecified atom stereocenters. The van der Waals surface area contributed by atoms with Gasteiger partial charge in [-0.3, -0.25) is 0 Å². The van der Waals surface area contributed by atoms with E-state index in [1.165, 1.54) is 49.6 Å². The van der Waals surface area contributed by atoms with Crippen LogP contribution < -0.4 is 4.90 Å². The molecule has 3 heteroatoms. The van der Waals surface area contributed by atoms with E-state index in [4.69, 9.17) is 4.42 Å². The molecule has 0 aliphatic carbocycles. The third-order valence-electron chi connectivity index (χ3n) is 11.2. The molecular formula is C54H36N2O. The first-order valence-corrected chi connectivity index (χ1v) is 19.4. The van der Waals surface area contributed by atoms with E-state index in [-0.39, 0.29) is 0 Å². The molecule has 2 heterocycles. The van der Waals surface area contributed by atoms with Crippen molar-refractivity contribution in [1.82, 2.24) is 4.57 Å². The molecule has 0 fully saturated rings. The first kappa shape index (κ1) is 32.8. The summed E-state index contributed by atoms with van der Waals surface area (Å²) in [5.41, 5.74) is 15.7. The van der Waals surface area contributed by atoms with Crippen LogP contribution in [0.3, 0.4) is 0 Å². The number of anilines is 3. The number of furan rings is 1. The molecule has 2 aromatic heterocycles. The van der Waals surface area contributed by atoms with Gasteiger partial charge in [0.15, 0.2) is 0 Å². The summed E-state index contributed by atoms with van der Waals surface area (Å²) in [6.45, 7) is 0. The summed E-state index contributed by atoms with van der Waals surface area (Å²) in [6.07, 6.45) is 0. The lowest BCUT2D eigenvalue weighted by molar-refractivity contribution is 0.669. The van der Waals surface area contributed by atoms with E-state index in [2.05, 4.69) is 216 Å². The number of hydrogen-bond acceptors (Lipinski definition) is 2. The molecular weight excluding hydrogens is 693 g/mol. The molecule has 0 atom stereocenters. The Bertz CT molecular complexity index is 3160. The van der Waals surface area contributed by atoms with Gasteiger partial charge in [0.1, 0.15) is 11.2 Å². The third-order valence-corrected chi connectivity index (χ3v) is 11.2. The lowest BCUT2D eigenvalue weighted by atomic mass is 9.97. The Morgan fingerprint density at radius 3 is 1.47 bits per heavy atom. The maximum Gasteiger partial charge on any atom is 0.136 e. The minimum absolute atomic E-state index is 0.910. The second-order valence-corrected chi connectivity index (χ2v) is 14.5. The molecule has 0 aliphatic heterocycles. The summed E-state index contributed by atoms with van der Waals surface area (Å²) < 4.78 is 8.56. The lowest BCUT2D eigenvalue weighted by Gasteiger charge is -2.26. The first-order chi connectivity index (χ1) is 28.3. The van der Waals surface area contributed by atoms with Gasteiger partial charge in [0.25, 0.3) is 0 Å². The molecule has 0 amide bonds. The Balaban J connectivity index is 0.980. The minimum Gasteiger partial charge on any atom is -0.456 e. The molecule has 268 valence electrons. The van der Waals surface area contributed by atoms with Crippen LogP contribution >= 0.6 is 0 Å². The van der Waals surface area contributed by atoms with Gasteiger partial charge in [0.2, 0.25) is 0 Å². The smallest absolute Gasteiger partial charge is 0.136 e. The van der Waals surface area contributed by atoms with Gasteiger partial charge < -0.3 is 13.9 Å². The van der Waals surface area contributed by atoms with Crippen molar-refractivity contribution in [2.75, 3.05) is 4.90 Å². The summed E-state index contributed by atoms with van der Waals surface area (Å²) in [7, 11) is 0. The molecule has 3 nitrogen and oxygen atoms in total. The highest BCUT2D eigenvalue weighted by Gasteiger charge is 2.17. The van der Waals surface area contributed by atoms with Crippen LogP contribution in [0.5, 0.6) is 0 Å². The van der Waals surface area contributed by atoms with E-state index >= 15 is 0 Å². The zero-order chi connectivity index (χ0) is 37.7. The van der Waals surface area contributed by atoms with Crippen LogP contribution in [0, 0.1) is 0 Å². The van der Waals surface area contributed by atoms with Crippen LogP contribution in [0.15, 0.2) is 223 Å². The SMILES string of the molecule is c1ccc(-c2ccc(N(c3ccc(-c4ccc(-c5cccc6oc7ccccc7c56)cc4)cc3)c3cccc(-n4c5ccccc5c5ccccc54)c3)cc2)cc1. The van der Waals surface area contributed by atoms with Gasteiger partial charge in [-0.05, 0) is 100 Å². The van der Waals surface area contributed by atoms with Crippen molar-refractivity contribution in [3.8, 4) is 39.1 Å². The van der Waals surface area contributed by atoms with E-state index in [0.29, 0.717) is 0 Å². The highest BCUT2D eigenvalue weighted by atomic mass is 16.3. The molecule has 11 rings (SSSR count). The summed E-state index contributed by atoms with van der Waals surface area (Å²) >= 11 is 0. The van der Waals surface area contributed by atoms with E-state index in [0.717, 1.165) is 50.3 Å². The number of benzene rings is 9. The van der Waals surface area contributed by atoms with Crippen molar-refractivity contribution in [3.05, 3.63) is 218 Å². The topological polar surface area (TPSA) is 21.3 Å². The zero-order valence-electron chi connectivity index (χ0n) is 31.1. The fourth-order valence-electron chi connectivity index (χ4n) is 8.51. The van der Waals surface area contributed by atoms with Crippen molar-refractivity contribution >= 4 is 60.8 Å². The van der Waals surface area contributed by atoms with Crippen LogP contribution in [0.2, 0.25) is 0 Å². The van der Waals surface area contributed by atoms with E-state index in [9.17, 15) is 0 Å². The largest absolute Gasteiger partial charge is 0.456 e. The molecule has 0 aliphatic rings. The van der Waals surface area contributed by atoms with Crippen LogP contribution in [0.1, 0.15) is 0 Å².